The van der Waals surface area contributed by atoms with Gasteiger partial charge in [0, 0.05) is 10.0 Å². The molecule has 22 heavy (non-hydrogen) atoms. The Kier molecular flexibility index (Phi) is 5.69. The topological polar surface area (TPSA) is 38.3 Å². The first kappa shape index (κ1) is 16.7. The molecule has 1 amide bonds. The van der Waals surface area contributed by atoms with E-state index in [0.29, 0.717) is 15.8 Å². The highest BCUT2D eigenvalue weighted by Crippen LogP contribution is 2.19. The van der Waals surface area contributed by atoms with E-state index in [-0.39, 0.29) is 11.9 Å². The maximum Gasteiger partial charge on any atom is 0.261 e. The van der Waals surface area contributed by atoms with Crippen molar-refractivity contribution in [2.75, 3.05) is 0 Å². The lowest BCUT2D eigenvalue weighted by Crippen LogP contribution is -2.37. The van der Waals surface area contributed by atoms with E-state index in [2.05, 4.69) is 5.32 Å². The van der Waals surface area contributed by atoms with Gasteiger partial charge in [-0.15, -0.1) is 0 Å². The van der Waals surface area contributed by atoms with Crippen LogP contribution in [0.25, 0.3) is 0 Å². The van der Waals surface area contributed by atoms with Gasteiger partial charge in [-0.3, -0.25) is 4.79 Å². The second-order valence-electron chi connectivity index (χ2n) is 5.00. The molecule has 116 valence electrons. The Morgan fingerprint density at radius 1 is 1.05 bits per heavy atom. The Balaban J connectivity index is 1.94. The molecule has 0 aliphatic heterocycles. The molecule has 0 saturated heterocycles. The zero-order chi connectivity index (χ0) is 16.1. The van der Waals surface area contributed by atoms with Gasteiger partial charge in [-0.25, -0.2) is 0 Å². The van der Waals surface area contributed by atoms with E-state index in [1.54, 1.807) is 43.3 Å². The molecule has 0 aliphatic carbocycles. The number of carbonyl (C=O) groups is 1. The van der Waals surface area contributed by atoms with Crippen molar-refractivity contribution < 1.29 is 9.53 Å². The Bertz CT molecular complexity index is 643. The van der Waals surface area contributed by atoms with Crippen molar-refractivity contribution >= 4 is 29.1 Å². The lowest BCUT2D eigenvalue weighted by atomic mass is 10.1. The van der Waals surface area contributed by atoms with Crippen LogP contribution in [0.15, 0.2) is 48.5 Å². The predicted molar refractivity (Wildman–Crippen MR) is 89.6 cm³/mol. The van der Waals surface area contributed by atoms with E-state index < -0.39 is 6.10 Å². The van der Waals surface area contributed by atoms with E-state index in [1.807, 2.05) is 19.1 Å². The Morgan fingerprint density at radius 3 is 2.36 bits per heavy atom. The van der Waals surface area contributed by atoms with Gasteiger partial charge in [0.25, 0.3) is 5.91 Å². The van der Waals surface area contributed by atoms with Crippen molar-refractivity contribution in [1.29, 1.82) is 0 Å². The minimum atomic E-state index is -0.617. The molecule has 0 saturated carbocycles. The van der Waals surface area contributed by atoms with E-state index >= 15 is 0 Å². The van der Waals surface area contributed by atoms with Crippen LogP contribution in [0.3, 0.4) is 0 Å². The largest absolute Gasteiger partial charge is 0.481 e. The number of benzene rings is 2. The summed E-state index contributed by atoms with van der Waals surface area (Å²) in [5.41, 5.74) is 0.979. The average molecular weight is 338 g/mol. The molecule has 0 radical (unpaired) electrons. The molecule has 2 unspecified atom stereocenters. The van der Waals surface area contributed by atoms with Crippen LogP contribution < -0.4 is 10.1 Å². The standard InChI is InChI=1S/C17H17Cl2NO2/c1-11(13-6-8-14(18)9-7-13)20-17(21)12(2)22-16-5-3-4-15(19)10-16/h3-12H,1-2H3,(H,20,21). The monoisotopic (exact) mass is 337 g/mol. The maximum absolute atomic E-state index is 12.2. The highest BCUT2D eigenvalue weighted by Gasteiger charge is 2.17. The summed E-state index contributed by atoms with van der Waals surface area (Å²) in [6, 6.07) is 14.2. The number of amides is 1. The van der Waals surface area contributed by atoms with Crippen molar-refractivity contribution in [2.24, 2.45) is 0 Å². The number of rotatable bonds is 5. The summed E-state index contributed by atoms with van der Waals surface area (Å²) in [6.07, 6.45) is -0.617. The second-order valence-corrected chi connectivity index (χ2v) is 5.87. The first-order valence-corrected chi connectivity index (χ1v) is 7.69. The predicted octanol–water partition coefficient (Wildman–Crippen LogP) is 4.64. The van der Waals surface area contributed by atoms with Crippen molar-refractivity contribution in [1.82, 2.24) is 5.32 Å². The van der Waals surface area contributed by atoms with Gasteiger partial charge in [-0.2, -0.15) is 0 Å². The van der Waals surface area contributed by atoms with Gasteiger partial charge in [-0.05, 0) is 49.7 Å². The fourth-order valence-electron chi connectivity index (χ4n) is 1.96. The SMILES string of the molecule is CC(Oc1cccc(Cl)c1)C(=O)NC(C)c1ccc(Cl)cc1. The fourth-order valence-corrected chi connectivity index (χ4v) is 2.27. The van der Waals surface area contributed by atoms with E-state index in [4.69, 9.17) is 27.9 Å². The third-order valence-corrected chi connectivity index (χ3v) is 3.69. The van der Waals surface area contributed by atoms with Gasteiger partial charge in [-0.1, -0.05) is 41.4 Å². The number of hydrogen-bond donors (Lipinski definition) is 1. The van der Waals surface area contributed by atoms with Crippen LogP contribution in [0, 0.1) is 0 Å². The summed E-state index contributed by atoms with van der Waals surface area (Å²) in [5.74, 6) is 0.372. The zero-order valence-electron chi connectivity index (χ0n) is 12.3. The summed E-state index contributed by atoms with van der Waals surface area (Å²) < 4.78 is 5.60. The molecule has 0 aromatic heterocycles. The van der Waals surface area contributed by atoms with Crippen LogP contribution >= 0.6 is 23.2 Å². The van der Waals surface area contributed by atoms with Crippen molar-refractivity contribution in [3.05, 3.63) is 64.1 Å². The van der Waals surface area contributed by atoms with Crippen molar-refractivity contribution in [3.8, 4) is 5.75 Å². The van der Waals surface area contributed by atoms with Gasteiger partial charge in [0.2, 0.25) is 0 Å². The summed E-state index contributed by atoms with van der Waals surface area (Å²) in [4.78, 5) is 12.2. The molecule has 0 spiro atoms. The zero-order valence-corrected chi connectivity index (χ0v) is 13.9. The molecule has 0 fully saturated rings. The van der Waals surface area contributed by atoms with Crippen molar-refractivity contribution in [3.63, 3.8) is 0 Å². The molecule has 5 heteroatoms. The molecule has 3 nitrogen and oxygen atoms in total. The van der Waals surface area contributed by atoms with Gasteiger partial charge in [0.05, 0.1) is 6.04 Å². The number of hydrogen-bond acceptors (Lipinski definition) is 2. The molecule has 0 aliphatic rings. The maximum atomic E-state index is 12.2. The Morgan fingerprint density at radius 2 is 1.73 bits per heavy atom. The van der Waals surface area contributed by atoms with Gasteiger partial charge >= 0.3 is 0 Å². The van der Waals surface area contributed by atoms with Gasteiger partial charge in [0.15, 0.2) is 6.10 Å². The van der Waals surface area contributed by atoms with Crippen LogP contribution in [-0.4, -0.2) is 12.0 Å². The highest BCUT2D eigenvalue weighted by atomic mass is 35.5. The molecule has 1 N–H and O–H groups in total. The first-order valence-electron chi connectivity index (χ1n) is 6.94. The number of nitrogens with one attached hydrogen (secondary N) is 1. The van der Waals surface area contributed by atoms with Crippen LogP contribution in [0.2, 0.25) is 10.0 Å². The highest BCUT2D eigenvalue weighted by molar-refractivity contribution is 6.30. The molecule has 0 heterocycles. The van der Waals surface area contributed by atoms with Crippen LogP contribution in [0.1, 0.15) is 25.5 Å². The minimum Gasteiger partial charge on any atom is -0.481 e. The van der Waals surface area contributed by atoms with Gasteiger partial charge in [0.1, 0.15) is 5.75 Å². The quantitative estimate of drug-likeness (QED) is 0.863. The molecule has 2 aromatic rings. The van der Waals surface area contributed by atoms with Crippen LogP contribution in [0.5, 0.6) is 5.75 Å². The average Bonchev–Trinajstić information content (AvgIpc) is 2.47. The molecular weight excluding hydrogens is 321 g/mol. The lowest BCUT2D eigenvalue weighted by Gasteiger charge is -2.19. The summed E-state index contributed by atoms with van der Waals surface area (Å²) >= 11 is 11.8. The third-order valence-electron chi connectivity index (χ3n) is 3.21. The molecule has 2 aromatic carbocycles. The lowest BCUT2D eigenvalue weighted by molar-refractivity contribution is -0.127. The molecule has 0 bridgehead atoms. The number of carbonyl (C=O) groups excluding carboxylic acids is 1. The normalized spacial score (nSPS) is 13.3. The Hall–Kier alpha value is -1.71. The smallest absolute Gasteiger partial charge is 0.261 e. The molecule has 2 rings (SSSR count). The third kappa shape index (κ3) is 4.65. The van der Waals surface area contributed by atoms with Crippen molar-refractivity contribution in [2.45, 2.75) is 26.0 Å². The molecular formula is C17H17Cl2NO2. The van der Waals surface area contributed by atoms with Crippen LogP contribution in [0.4, 0.5) is 0 Å². The minimum absolute atomic E-state index is 0.129. The number of halogens is 2. The molecule has 2 atom stereocenters. The van der Waals surface area contributed by atoms with E-state index in [0.717, 1.165) is 5.56 Å². The summed E-state index contributed by atoms with van der Waals surface area (Å²) in [7, 11) is 0. The van der Waals surface area contributed by atoms with E-state index in [1.165, 1.54) is 0 Å². The fraction of sp³-hybridized carbons (Fsp3) is 0.235. The summed E-state index contributed by atoms with van der Waals surface area (Å²) in [6.45, 7) is 3.61. The Labute approximate surface area is 140 Å². The van der Waals surface area contributed by atoms with Crippen LogP contribution in [-0.2, 0) is 4.79 Å². The van der Waals surface area contributed by atoms with Gasteiger partial charge < -0.3 is 10.1 Å². The number of ether oxygens (including phenoxy) is 1. The summed E-state index contributed by atoms with van der Waals surface area (Å²) in [5, 5.41) is 4.15. The second kappa shape index (κ2) is 7.52. The first-order chi connectivity index (χ1) is 10.5. The van der Waals surface area contributed by atoms with E-state index in [9.17, 15) is 4.79 Å².